The van der Waals surface area contributed by atoms with E-state index >= 15 is 0 Å². The molecule has 1 fully saturated rings. The molecule has 2 aliphatic rings. The zero-order valence-electron chi connectivity index (χ0n) is 17.3. The van der Waals surface area contributed by atoms with Crippen molar-refractivity contribution in [2.45, 2.75) is 19.0 Å². The van der Waals surface area contributed by atoms with Gasteiger partial charge in [-0.15, -0.1) is 0 Å². The molecule has 0 unspecified atom stereocenters. The van der Waals surface area contributed by atoms with Crippen molar-refractivity contribution in [3.05, 3.63) is 83.3 Å². The quantitative estimate of drug-likeness (QED) is 0.400. The molecule has 33 heavy (non-hydrogen) atoms. The summed E-state index contributed by atoms with van der Waals surface area (Å²) in [5, 5.41) is 6.94. The number of hydrogen-bond donors (Lipinski definition) is 0. The molecule has 162 valence electrons. The Labute approximate surface area is 193 Å². The maximum absolute atomic E-state index is 13.2. The molecule has 5 aromatic rings. The van der Waals surface area contributed by atoms with Crippen molar-refractivity contribution in [1.29, 1.82) is 0 Å². The van der Waals surface area contributed by atoms with Crippen LogP contribution in [0.5, 0.6) is 0 Å². The minimum Gasteiger partial charge on any atom is -0.345 e. The molecule has 8 nitrogen and oxygen atoms in total. The third-order valence-corrected chi connectivity index (χ3v) is 6.78. The minimum atomic E-state index is -0.108. The molecule has 2 aromatic carbocycles. The number of benzene rings is 2. The maximum atomic E-state index is 13.2. The van der Waals surface area contributed by atoms with E-state index in [-0.39, 0.29) is 11.9 Å². The standard InChI is InChI=1S/C24H17ClN6O2/c25-16-6-3-7-17-20(16)24(32)30-9-8-18(30)22-21(26-13-31(17)22)23-27-19(28-33-23)12-29-10-14-4-1-2-5-15(14)11-29/h1-7,10-11,13,18H,8-9,12H2/t18-/m0/s1. The maximum Gasteiger partial charge on any atom is 0.278 e. The number of hydrogen-bond acceptors (Lipinski definition) is 5. The van der Waals surface area contributed by atoms with Gasteiger partial charge in [0.2, 0.25) is 0 Å². The minimum absolute atomic E-state index is 0.0626. The van der Waals surface area contributed by atoms with Crippen LogP contribution in [0, 0.1) is 0 Å². The second-order valence-corrected chi connectivity index (χ2v) is 8.77. The molecular formula is C24H17ClN6O2. The lowest BCUT2D eigenvalue weighted by molar-refractivity contribution is 0.0461. The van der Waals surface area contributed by atoms with Crippen molar-refractivity contribution < 1.29 is 9.32 Å². The van der Waals surface area contributed by atoms with Gasteiger partial charge in [-0.1, -0.05) is 47.1 Å². The first-order valence-corrected chi connectivity index (χ1v) is 11.1. The number of halogens is 1. The van der Waals surface area contributed by atoms with Gasteiger partial charge in [-0.3, -0.25) is 9.36 Å². The van der Waals surface area contributed by atoms with Gasteiger partial charge in [-0.05, 0) is 29.3 Å². The molecule has 5 heterocycles. The average Bonchev–Trinajstić information content (AvgIpc) is 3.49. The van der Waals surface area contributed by atoms with Gasteiger partial charge >= 0.3 is 0 Å². The first-order valence-electron chi connectivity index (χ1n) is 10.7. The van der Waals surface area contributed by atoms with E-state index in [9.17, 15) is 4.79 Å². The SMILES string of the molecule is O=C1c2c(Cl)cccc2-n2cnc(-c3nc(Cn4cc5ccccc5c4)no3)c2[C@@H]2CCN12. The van der Waals surface area contributed by atoms with E-state index in [1.54, 1.807) is 12.4 Å². The fraction of sp³-hybridized carbons (Fsp3) is 0.167. The van der Waals surface area contributed by atoms with Crippen molar-refractivity contribution in [3.8, 4) is 17.3 Å². The lowest BCUT2D eigenvalue weighted by atomic mass is 9.97. The Bertz CT molecular complexity index is 1530. The van der Waals surface area contributed by atoms with Crippen LogP contribution in [-0.2, 0) is 6.54 Å². The molecule has 9 heteroatoms. The average molecular weight is 457 g/mol. The summed E-state index contributed by atoms with van der Waals surface area (Å²) in [5.41, 5.74) is 2.69. The topological polar surface area (TPSA) is 82.0 Å². The second kappa shape index (κ2) is 6.79. The zero-order chi connectivity index (χ0) is 22.1. The van der Waals surface area contributed by atoms with Crippen molar-refractivity contribution in [3.63, 3.8) is 0 Å². The number of rotatable bonds is 3. The van der Waals surface area contributed by atoms with Crippen molar-refractivity contribution in [1.82, 2.24) is 29.2 Å². The molecule has 2 aliphatic heterocycles. The normalized spacial score (nSPS) is 16.8. The molecule has 1 amide bonds. The van der Waals surface area contributed by atoms with Crippen LogP contribution in [0.3, 0.4) is 0 Å². The number of aromatic nitrogens is 5. The van der Waals surface area contributed by atoms with Crippen molar-refractivity contribution >= 4 is 28.3 Å². The summed E-state index contributed by atoms with van der Waals surface area (Å²) >= 11 is 6.42. The van der Waals surface area contributed by atoms with Gasteiger partial charge in [0.15, 0.2) is 11.5 Å². The zero-order valence-corrected chi connectivity index (χ0v) is 18.1. The number of nitrogens with zero attached hydrogens (tertiary/aromatic N) is 6. The summed E-state index contributed by atoms with van der Waals surface area (Å²) in [5.74, 6) is 0.846. The summed E-state index contributed by atoms with van der Waals surface area (Å²) in [6.45, 7) is 1.16. The molecule has 3 aromatic heterocycles. The van der Waals surface area contributed by atoms with Crippen LogP contribution in [0.1, 0.15) is 34.3 Å². The Kier molecular flexibility index (Phi) is 3.84. The Morgan fingerprint density at radius 2 is 1.91 bits per heavy atom. The van der Waals surface area contributed by atoms with E-state index in [1.165, 1.54) is 0 Å². The van der Waals surface area contributed by atoms with Crippen LogP contribution in [0.2, 0.25) is 5.02 Å². The summed E-state index contributed by atoms with van der Waals surface area (Å²) in [4.78, 5) is 24.2. The Morgan fingerprint density at radius 3 is 2.67 bits per heavy atom. The third kappa shape index (κ3) is 2.70. The molecule has 0 N–H and O–H groups in total. The predicted octanol–water partition coefficient (Wildman–Crippen LogP) is 4.48. The summed E-state index contributed by atoms with van der Waals surface area (Å²) < 4.78 is 9.60. The van der Waals surface area contributed by atoms with E-state index in [0.717, 1.165) is 28.6 Å². The Morgan fingerprint density at radius 1 is 1.09 bits per heavy atom. The highest BCUT2D eigenvalue weighted by atomic mass is 35.5. The van der Waals surface area contributed by atoms with Gasteiger partial charge in [0.05, 0.1) is 34.6 Å². The van der Waals surface area contributed by atoms with Crippen LogP contribution in [-0.4, -0.2) is 41.6 Å². The van der Waals surface area contributed by atoms with Gasteiger partial charge < -0.3 is 14.0 Å². The summed E-state index contributed by atoms with van der Waals surface area (Å²) in [7, 11) is 0. The summed E-state index contributed by atoms with van der Waals surface area (Å²) in [6, 6.07) is 13.5. The van der Waals surface area contributed by atoms with E-state index in [4.69, 9.17) is 16.1 Å². The molecular weight excluding hydrogens is 440 g/mol. The second-order valence-electron chi connectivity index (χ2n) is 8.36. The highest BCUT2D eigenvalue weighted by molar-refractivity contribution is 6.34. The monoisotopic (exact) mass is 456 g/mol. The number of imidazole rings is 1. The van der Waals surface area contributed by atoms with Crippen LogP contribution in [0.4, 0.5) is 0 Å². The highest BCUT2D eigenvalue weighted by Crippen LogP contribution is 2.44. The van der Waals surface area contributed by atoms with Gasteiger partial charge in [0.25, 0.3) is 11.8 Å². The fourth-order valence-electron chi connectivity index (χ4n) is 4.83. The van der Waals surface area contributed by atoms with Gasteiger partial charge in [0.1, 0.15) is 6.33 Å². The van der Waals surface area contributed by atoms with Crippen molar-refractivity contribution in [2.75, 3.05) is 6.54 Å². The van der Waals surface area contributed by atoms with E-state index in [0.29, 0.717) is 41.1 Å². The Balaban J connectivity index is 1.29. The molecule has 0 bridgehead atoms. The van der Waals surface area contributed by atoms with E-state index in [2.05, 4.69) is 39.7 Å². The molecule has 0 radical (unpaired) electrons. The number of carbonyl (C=O) groups excluding carboxylic acids is 1. The molecule has 7 rings (SSSR count). The molecule has 0 aliphatic carbocycles. The van der Waals surface area contributed by atoms with Gasteiger partial charge in [-0.2, -0.15) is 4.98 Å². The number of amides is 1. The third-order valence-electron chi connectivity index (χ3n) is 6.47. The Hall–Kier alpha value is -3.91. The fourth-order valence-corrected chi connectivity index (χ4v) is 5.08. The highest BCUT2D eigenvalue weighted by Gasteiger charge is 2.43. The van der Waals surface area contributed by atoms with E-state index in [1.807, 2.05) is 38.3 Å². The number of fused-ring (bicyclic) bond motifs is 6. The van der Waals surface area contributed by atoms with Gasteiger partial charge in [0, 0.05) is 18.9 Å². The van der Waals surface area contributed by atoms with Crippen LogP contribution in [0.15, 0.2) is 65.7 Å². The predicted molar refractivity (Wildman–Crippen MR) is 121 cm³/mol. The van der Waals surface area contributed by atoms with Crippen LogP contribution >= 0.6 is 11.6 Å². The smallest absolute Gasteiger partial charge is 0.278 e. The van der Waals surface area contributed by atoms with E-state index < -0.39 is 0 Å². The largest absolute Gasteiger partial charge is 0.345 e. The first kappa shape index (κ1) is 18.6. The summed E-state index contributed by atoms with van der Waals surface area (Å²) in [6.07, 6.45) is 6.67. The van der Waals surface area contributed by atoms with Crippen LogP contribution < -0.4 is 0 Å². The molecule has 0 spiro atoms. The molecule has 0 saturated carbocycles. The molecule has 1 atom stereocenters. The lowest BCUT2D eigenvalue weighted by Crippen LogP contribution is -2.44. The van der Waals surface area contributed by atoms with Crippen LogP contribution in [0.25, 0.3) is 28.0 Å². The lowest BCUT2D eigenvalue weighted by Gasteiger charge is -2.39. The van der Waals surface area contributed by atoms with Gasteiger partial charge in [-0.25, -0.2) is 4.98 Å². The first-order chi connectivity index (χ1) is 16.2. The number of carbonyl (C=O) groups is 1. The van der Waals surface area contributed by atoms with Crippen molar-refractivity contribution in [2.24, 2.45) is 0 Å². The molecule has 1 saturated heterocycles.